The van der Waals surface area contributed by atoms with Crippen molar-refractivity contribution < 1.29 is 26.3 Å². The lowest BCUT2D eigenvalue weighted by atomic mass is 10.1. The van der Waals surface area contributed by atoms with Crippen LogP contribution in [0.15, 0.2) is 53.6 Å². The molecule has 0 spiro atoms. The molecule has 1 heterocycles. The molecule has 168 valence electrons. The lowest BCUT2D eigenvalue weighted by Gasteiger charge is -2.11. The molecule has 0 amide bonds. The van der Waals surface area contributed by atoms with E-state index in [1.54, 1.807) is 0 Å². The highest BCUT2D eigenvalue weighted by molar-refractivity contribution is 5.82. The third-order valence-electron chi connectivity index (χ3n) is 3.94. The number of nitrogens with one attached hydrogen (secondary N) is 3. The van der Waals surface area contributed by atoms with Crippen molar-refractivity contribution in [1.82, 2.24) is 15.0 Å². The van der Waals surface area contributed by atoms with Crippen molar-refractivity contribution in [2.24, 2.45) is 5.10 Å². The number of nitrogens with zero attached hydrogens (tertiary/aromatic N) is 4. The average Bonchev–Trinajstić information content (AvgIpc) is 2.73. The van der Waals surface area contributed by atoms with Crippen LogP contribution in [0.5, 0.6) is 0 Å². The summed E-state index contributed by atoms with van der Waals surface area (Å²) in [7, 11) is 1.50. The predicted octanol–water partition coefficient (Wildman–Crippen LogP) is 5.14. The maximum atomic E-state index is 13.1. The highest BCUT2D eigenvalue weighted by atomic mass is 19.4. The van der Waals surface area contributed by atoms with E-state index in [1.807, 2.05) is 0 Å². The molecular weight excluding hydrogens is 440 g/mol. The van der Waals surface area contributed by atoms with E-state index in [4.69, 9.17) is 0 Å². The normalized spacial score (nSPS) is 12.1. The summed E-state index contributed by atoms with van der Waals surface area (Å²) in [6.45, 7) is 0. The first-order chi connectivity index (χ1) is 15.1. The second-order valence-electron chi connectivity index (χ2n) is 6.21. The van der Waals surface area contributed by atoms with Gasteiger partial charge in [0.15, 0.2) is 0 Å². The molecule has 3 N–H and O–H groups in total. The van der Waals surface area contributed by atoms with Crippen molar-refractivity contribution in [2.75, 3.05) is 23.1 Å². The van der Waals surface area contributed by atoms with Crippen LogP contribution in [0.1, 0.15) is 16.7 Å². The number of benzene rings is 2. The van der Waals surface area contributed by atoms with Gasteiger partial charge in [-0.25, -0.2) is 5.43 Å². The zero-order valence-electron chi connectivity index (χ0n) is 16.3. The maximum absolute atomic E-state index is 13.1. The van der Waals surface area contributed by atoms with E-state index in [0.29, 0.717) is 0 Å². The predicted molar refractivity (Wildman–Crippen MR) is 107 cm³/mol. The number of hydrogen-bond donors (Lipinski definition) is 3. The smallest absolute Gasteiger partial charge is 0.357 e. The van der Waals surface area contributed by atoms with E-state index in [2.05, 4.69) is 36.1 Å². The molecule has 0 radical (unpaired) electrons. The molecule has 0 fully saturated rings. The average molecular weight is 455 g/mol. The summed E-state index contributed by atoms with van der Waals surface area (Å²) in [6, 6.07) is 9.23. The van der Waals surface area contributed by atoms with E-state index in [-0.39, 0.29) is 29.1 Å². The number of hydrogen-bond acceptors (Lipinski definition) is 7. The monoisotopic (exact) mass is 455 g/mol. The Kier molecular flexibility index (Phi) is 6.46. The number of anilines is 4. The van der Waals surface area contributed by atoms with Crippen LogP contribution in [0, 0.1) is 0 Å². The number of hydrazone groups is 1. The summed E-state index contributed by atoms with van der Waals surface area (Å²) in [5.74, 6) is -0.223. The van der Waals surface area contributed by atoms with Crippen molar-refractivity contribution in [3.8, 4) is 0 Å². The van der Waals surface area contributed by atoms with Gasteiger partial charge in [0.2, 0.25) is 17.8 Å². The van der Waals surface area contributed by atoms with Gasteiger partial charge in [-0.1, -0.05) is 24.3 Å². The van der Waals surface area contributed by atoms with E-state index in [9.17, 15) is 26.3 Å². The third-order valence-corrected chi connectivity index (χ3v) is 3.94. The summed E-state index contributed by atoms with van der Waals surface area (Å²) in [4.78, 5) is 11.9. The van der Waals surface area contributed by atoms with Gasteiger partial charge in [-0.05, 0) is 24.3 Å². The van der Waals surface area contributed by atoms with Crippen LogP contribution in [0.2, 0.25) is 0 Å². The van der Waals surface area contributed by atoms with Crippen LogP contribution in [-0.4, -0.2) is 28.2 Å². The number of alkyl halides is 6. The Balaban J connectivity index is 1.81. The molecule has 0 atom stereocenters. The van der Waals surface area contributed by atoms with Crippen LogP contribution in [0.4, 0.5) is 49.9 Å². The van der Waals surface area contributed by atoms with Crippen LogP contribution < -0.4 is 16.1 Å². The summed E-state index contributed by atoms with van der Waals surface area (Å²) in [5.41, 5.74) is 0.541. The van der Waals surface area contributed by atoms with Crippen molar-refractivity contribution >= 4 is 29.7 Å². The fourth-order valence-corrected chi connectivity index (χ4v) is 2.52. The Hall–Kier alpha value is -3.90. The SMILES string of the molecule is CNc1nc(N/N=C/c2ccccc2C(F)(F)F)nc(Nc2cccc(C(F)(F)F)c2)n1. The molecule has 0 saturated heterocycles. The minimum atomic E-state index is -4.56. The molecule has 1 aromatic heterocycles. The van der Waals surface area contributed by atoms with E-state index in [1.165, 1.54) is 37.4 Å². The molecule has 3 rings (SSSR count). The Morgan fingerprint density at radius 1 is 0.812 bits per heavy atom. The van der Waals surface area contributed by atoms with Crippen LogP contribution in [0.3, 0.4) is 0 Å². The van der Waals surface area contributed by atoms with Gasteiger partial charge in [0.05, 0.1) is 17.3 Å². The maximum Gasteiger partial charge on any atom is 0.417 e. The molecule has 0 unspecified atom stereocenters. The Morgan fingerprint density at radius 3 is 2.19 bits per heavy atom. The van der Waals surface area contributed by atoms with Crippen molar-refractivity contribution in [2.45, 2.75) is 12.4 Å². The van der Waals surface area contributed by atoms with Gasteiger partial charge in [-0.15, -0.1) is 0 Å². The molecule has 0 aliphatic heterocycles. The number of aromatic nitrogens is 3. The standard InChI is InChI=1S/C19H15F6N7/c1-26-15-29-16(28-13-7-4-6-12(9-13)18(20,21)22)31-17(30-15)32-27-10-11-5-2-3-8-14(11)19(23,24)25/h2-10H,1H3,(H3,26,28,29,30,31,32)/b27-10+. The van der Waals surface area contributed by atoms with E-state index >= 15 is 0 Å². The van der Waals surface area contributed by atoms with Crippen molar-refractivity contribution in [3.05, 3.63) is 65.2 Å². The van der Waals surface area contributed by atoms with Gasteiger partial charge in [0.1, 0.15) is 0 Å². The molecule has 32 heavy (non-hydrogen) atoms. The molecule has 2 aromatic carbocycles. The largest absolute Gasteiger partial charge is 0.417 e. The minimum absolute atomic E-state index is 0.0443. The second-order valence-corrected chi connectivity index (χ2v) is 6.21. The first kappa shape index (κ1) is 22.8. The molecule has 3 aromatic rings. The van der Waals surface area contributed by atoms with Gasteiger partial charge in [-0.2, -0.15) is 46.4 Å². The quantitative estimate of drug-likeness (QED) is 0.271. The van der Waals surface area contributed by atoms with Crippen LogP contribution in [0.25, 0.3) is 0 Å². The zero-order valence-corrected chi connectivity index (χ0v) is 16.3. The van der Waals surface area contributed by atoms with Gasteiger partial charge >= 0.3 is 12.4 Å². The Bertz CT molecular complexity index is 1110. The van der Waals surface area contributed by atoms with E-state index < -0.39 is 23.5 Å². The zero-order chi connectivity index (χ0) is 23.4. The topological polar surface area (TPSA) is 87.1 Å². The van der Waals surface area contributed by atoms with Crippen LogP contribution >= 0.6 is 0 Å². The Morgan fingerprint density at radius 2 is 1.50 bits per heavy atom. The summed E-state index contributed by atoms with van der Waals surface area (Å²) in [6.07, 6.45) is -8.14. The summed E-state index contributed by atoms with van der Waals surface area (Å²) < 4.78 is 77.9. The number of halogens is 6. The second kappa shape index (κ2) is 9.08. The van der Waals surface area contributed by atoms with Crippen molar-refractivity contribution in [3.63, 3.8) is 0 Å². The van der Waals surface area contributed by atoms with Gasteiger partial charge in [0.25, 0.3) is 0 Å². The fraction of sp³-hybridized carbons (Fsp3) is 0.158. The summed E-state index contributed by atoms with van der Waals surface area (Å²) in [5, 5.41) is 8.99. The van der Waals surface area contributed by atoms with Crippen molar-refractivity contribution in [1.29, 1.82) is 0 Å². The van der Waals surface area contributed by atoms with E-state index in [0.717, 1.165) is 24.4 Å². The molecule has 13 heteroatoms. The Labute approximate surface area is 177 Å². The van der Waals surface area contributed by atoms with Gasteiger partial charge < -0.3 is 10.6 Å². The molecule has 0 aliphatic rings. The lowest BCUT2D eigenvalue weighted by molar-refractivity contribution is -0.138. The molecule has 0 bridgehead atoms. The van der Waals surface area contributed by atoms with Gasteiger partial charge in [-0.3, -0.25) is 0 Å². The third kappa shape index (κ3) is 5.83. The summed E-state index contributed by atoms with van der Waals surface area (Å²) >= 11 is 0. The molecule has 0 aliphatic carbocycles. The first-order valence-corrected chi connectivity index (χ1v) is 8.89. The molecule has 7 nitrogen and oxygen atoms in total. The van der Waals surface area contributed by atoms with Crippen LogP contribution in [-0.2, 0) is 12.4 Å². The first-order valence-electron chi connectivity index (χ1n) is 8.89. The number of rotatable bonds is 6. The highest BCUT2D eigenvalue weighted by Crippen LogP contribution is 2.32. The molecular formula is C19H15F6N7. The lowest BCUT2D eigenvalue weighted by Crippen LogP contribution is -2.10. The fourth-order valence-electron chi connectivity index (χ4n) is 2.52. The minimum Gasteiger partial charge on any atom is -0.357 e. The highest BCUT2D eigenvalue weighted by Gasteiger charge is 2.32. The molecule has 0 saturated carbocycles. The van der Waals surface area contributed by atoms with Gasteiger partial charge in [0, 0.05) is 18.3 Å².